The van der Waals surface area contributed by atoms with Crippen molar-refractivity contribution in [1.29, 1.82) is 0 Å². The normalized spacial score (nSPS) is 10.2. The summed E-state index contributed by atoms with van der Waals surface area (Å²) in [5.41, 5.74) is 1.15. The monoisotopic (exact) mass is 230 g/mol. The molecule has 1 heterocycles. The number of hydrogen-bond donors (Lipinski definition) is 1. The number of carbonyl (C=O) groups excluding carboxylic acids is 1. The molecular formula is C12H14N4O. The molecule has 0 aliphatic rings. The van der Waals surface area contributed by atoms with Crippen LogP contribution in [0.4, 0.5) is 5.95 Å². The van der Waals surface area contributed by atoms with Gasteiger partial charge in [0, 0.05) is 13.5 Å². The van der Waals surface area contributed by atoms with Gasteiger partial charge in [-0.2, -0.15) is 0 Å². The van der Waals surface area contributed by atoms with E-state index in [1.54, 1.807) is 17.9 Å². The third-order valence-corrected chi connectivity index (χ3v) is 2.45. The van der Waals surface area contributed by atoms with Crippen molar-refractivity contribution in [3.8, 4) is 0 Å². The Morgan fingerprint density at radius 2 is 2.12 bits per heavy atom. The van der Waals surface area contributed by atoms with Gasteiger partial charge in [0.25, 0.3) is 0 Å². The van der Waals surface area contributed by atoms with Gasteiger partial charge in [-0.05, 0) is 12.0 Å². The summed E-state index contributed by atoms with van der Waals surface area (Å²) in [4.78, 5) is 11.6. The van der Waals surface area contributed by atoms with E-state index >= 15 is 0 Å². The maximum absolute atomic E-state index is 11.6. The number of amides is 1. The lowest BCUT2D eigenvalue weighted by atomic mass is 10.1. The fourth-order valence-electron chi connectivity index (χ4n) is 1.49. The Morgan fingerprint density at radius 1 is 1.35 bits per heavy atom. The molecule has 0 aliphatic heterocycles. The minimum Gasteiger partial charge on any atom is -0.303 e. The molecule has 88 valence electrons. The topological polar surface area (TPSA) is 59.8 Å². The van der Waals surface area contributed by atoms with E-state index in [0.29, 0.717) is 12.4 Å². The summed E-state index contributed by atoms with van der Waals surface area (Å²) in [7, 11) is 1.78. The molecule has 0 aliphatic carbocycles. The second-order valence-corrected chi connectivity index (χ2v) is 3.80. The average Bonchev–Trinajstić information content (AvgIpc) is 2.74. The van der Waals surface area contributed by atoms with Crippen molar-refractivity contribution < 1.29 is 4.79 Å². The molecule has 0 radical (unpaired) electrons. The lowest BCUT2D eigenvalue weighted by Crippen LogP contribution is -2.15. The Bertz CT molecular complexity index is 492. The fourth-order valence-corrected chi connectivity index (χ4v) is 1.49. The molecule has 2 aromatic rings. The summed E-state index contributed by atoms with van der Waals surface area (Å²) in [6.45, 7) is 0. The molecule has 0 bridgehead atoms. The van der Waals surface area contributed by atoms with Crippen molar-refractivity contribution >= 4 is 11.9 Å². The van der Waals surface area contributed by atoms with Gasteiger partial charge < -0.3 is 4.57 Å². The van der Waals surface area contributed by atoms with Crippen LogP contribution in [0.1, 0.15) is 12.0 Å². The van der Waals surface area contributed by atoms with Crippen LogP contribution in [0.3, 0.4) is 0 Å². The number of aryl methyl sites for hydroxylation is 2. The van der Waals surface area contributed by atoms with Crippen LogP contribution < -0.4 is 5.32 Å². The molecule has 0 saturated heterocycles. The van der Waals surface area contributed by atoms with Gasteiger partial charge in [-0.15, -0.1) is 10.2 Å². The van der Waals surface area contributed by atoms with Gasteiger partial charge in [-0.1, -0.05) is 30.3 Å². The molecule has 0 saturated carbocycles. The maximum atomic E-state index is 11.6. The fraction of sp³-hybridized carbons (Fsp3) is 0.250. The first-order chi connectivity index (χ1) is 8.25. The van der Waals surface area contributed by atoms with Gasteiger partial charge in [-0.3, -0.25) is 10.1 Å². The van der Waals surface area contributed by atoms with Gasteiger partial charge in [0.05, 0.1) is 0 Å². The van der Waals surface area contributed by atoms with Crippen molar-refractivity contribution in [2.45, 2.75) is 12.8 Å². The van der Waals surface area contributed by atoms with E-state index < -0.39 is 0 Å². The highest BCUT2D eigenvalue weighted by Crippen LogP contribution is 2.04. The quantitative estimate of drug-likeness (QED) is 0.863. The Labute approximate surface area is 99.5 Å². The summed E-state index contributed by atoms with van der Waals surface area (Å²) < 4.78 is 1.67. The molecule has 1 N–H and O–H groups in total. The van der Waals surface area contributed by atoms with E-state index in [2.05, 4.69) is 15.5 Å². The lowest BCUT2D eigenvalue weighted by Gasteiger charge is -2.03. The number of nitrogens with one attached hydrogen (secondary N) is 1. The van der Waals surface area contributed by atoms with E-state index in [9.17, 15) is 4.79 Å². The smallest absolute Gasteiger partial charge is 0.230 e. The molecule has 5 heteroatoms. The van der Waals surface area contributed by atoms with Gasteiger partial charge in [0.15, 0.2) is 0 Å². The molecule has 0 fully saturated rings. The number of benzene rings is 1. The molecule has 0 spiro atoms. The second-order valence-electron chi connectivity index (χ2n) is 3.80. The van der Waals surface area contributed by atoms with Gasteiger partial charge in [0.2, 0.25) is 11.9 Å². The summed E-state index contributed by atoms with van der Waals surface area (Å²) in [5.74, 6) is 0.424. The van der Waals surface area contributed by atoms with Crippen LogP contribution in [-0.2, 0) is 18.3 Å². The highest BCUT2D eigenvalue weighted by Gasteiger charge is 2.06. The summed E-state index contributed by atoms with van der Waals surface area (Å²) in [5, 5.41) is 10.2. The van der Waals surface area contributed by atoms with Crippen LogP contribution in [0.5, 0.6) is 0 Å². The lowest BCUT2D eigenvalue weighted by molar-refractivity contribution is -0.116. The van der Waals surface area contributed by atoms with Crippen LogP contribution >= 0.6 is 0 Å². The van der Waals surface area contributed by atoms with Crippen molar-refractivity contribution in [2.75, 3.05) is 5.32 Å². The average molecular weight is 230 g/mol. The van der Waals surface area contributed by atoms with Gasteiger partial charge >= 0.3 is 0 Å². The molecule has 5 nitrogen and oxygen atoms in total. The van der Waals surface area contributed by atoms with E-state index in [1.807, 2.05) is 30.3 Å². The molecule has 1 aromatic heterocycles. The summed E-state index contributed by atoms with van der Waals surface area (Å²) in [6.07, 6.45) is 2.72. The first-order valence-electron chi connectivity index (χ1n) is 5.43. The van der Waals surface area contributed by atoms with Crippen LogP contribution in [0.25, 0.3) is 0 Å². The van der Waals surface area contributed by atoms with Gasteiger partial charge in [0.1, 0.15) is 6.33 Å². The number of aromatic nitrogens is 3. The molecule has 17 heavy (non-hydrogen) atoms. The molecule has 0 atom stereocenters. The summed E-state index contributed by atoms with van der Waals surface area (Å²) in [6, 6.07) is 9.92. The Balaban J connectivity index is 1.85. The largest absolute Gasteiger partial charge is 0.303 e. The van der Waals surface area contributed by atoms with Crippen molar-refractivity contribution in [3.05, 3.63) is 42.2 Å². The number of hydrogen-bond acceptors (Lipinski definition) is 3. The van der Waals surface area contributed by atoms with Crippen LogP contribution in [-0.4, -0.2) is 20.7 Å². The van der Waals surface area contributed by atoms with Crippen LogP contribution in [0.2, 0.25) is 0 Å². The van der Waals surface area contributed by atoms with E-state index in [-0.39, 0.29) is 5.91 Å². The molecule has 1 amide bonds. The summed E-state index contributed by atoms with van der Waals surface area (Å²) >= 11 is 0. The zero-order valence-electron chi connectivity index (χ0n) is 9.63. The predicted octanol–water partition coefficient (Wildman–Crippen LogP) is 1.39. The molecule has 1 aromatic carbocycles. The van der Waals surface area contributed by atoms with E-state index in [0.717, 1.165) is 12.0 Å². The minimum absolute atomic E-state index is 0.0510. The van der Waals surface area contributed by atoms with E-state index in [1.165, 1.54) is 0 Å². The zero-order valence-corrected chi connectivity index (χ0v) is 9.63. The standard InChI is InChI=1S/C12H14N4O/c1-16-9-13-15-12(16)14-11(17)8-7-10-5-3-2-4-6-10/h2-6,9H,7-8H2,1H3,(H,14,15,17). The van der Waals surface area contributed by atoms with Crippen LogP contribution in [0.15, 0.2) is 36.7 Å². The maximum Gasteiger partial charge on any atom is 0.230 e. The number of nitrogens with zero attached hydrogens (tertiary/aromatic N) is 3. The minimum atomic E-state index is -0.0510. The Hall–Kier alpha value is -2.17. The SMILES string of the molecule is Cn1cnnc1NC(=O)CCc1ccccc1. The zero-order chi connectivity index (χ0) is 12.1. The Morgan fingerprint density at radius 3 is 2.76 bits per heavy atom. The first-order valence-corrected chi connectivity index (χ1v) is 5.43. The molecule has 0 unspecified atom stereocenters. The highest BCUT2D eigenvalue weighted by atomic mass is 16.1. The van der Waals surface area contributed by atoms with Crippen LogP contribution in [0, 0.1) is 0 Å². The third kappa shape index (κ3) is 3.14. The van der Waals surface area contributed by atoms with Crippen molar-refractivity contribution in [3.63, 3.8) is 0 Å². The van der Waals surface area contributed by atoms with Crippen molar-refractivity contribution in [2.24, 2.45) is 7.05 Å². The first kappa shape index (κ1) is 11.3. The number of rotatable bonds is 4. The second kappa shape index (κ2) is 5.25. The molecule has 2 rings (SSSR count). The van der Waals surface area contributed by atoms with Crippen molar-refractivity contribution in [1.82, 2.24) is 14.8 Å². The third-order valence-electron chi connectivity index (χ3n) is 2.45. The Kier molecular flexibility index (Phi) is 3.49. The molecular weight excluding hydrogens is 216 g/mol. The van der Waals surface area contributed by atoms with E-state index in [4.69, 9.17) is 0 Å². The van der Waals surface area contributed by atoms with Gasteiger partial charge in [-0.25, -0.2) is 0 Å². The number of anilines is 1. The number of carbonyl (C=O) groups is 1. The highest BCUT2D eigenvalue weighted by molar-refractivity contribution is 5.89. The predicted molar refractivity (Wildman–Crippen MR) is 64.4 cm³/mol.